The number of carboxylic acid groups (broad SMARTS) is 1. The zero-order chi connectivity index (χ0) is 20.6. The molecule has 150 valence electrons. The lowest BCUT2D eigenvalue weighted by Gasteiger charge is -2.32. The van der Waals surface area contributed by atoms with Gasteiger partial charge in [-0.25, -0.2) is 4.79 Å². The van der Waals surface area contributed by atoms with E-state index in [2.05, 4.69) is 23.3 Å². The first-order valence-corrected chi connectivity index (χ1v) is 9.63. The van der Waals surface area contributed by atoms with Gasteiger partial charge in [0.05, 0.1) is 5.25 Å². The van der Waals surface area contributed by atoms with Gasteiger partial charge in [-0.05, 0) is 17.4 Å². The van der Waals surface area contributed by atoms with Gasteiger partial charge in [0.25, 0.3) is 0 Å². The van der Waals surface area contributed by atoms with Crippen molar-refractivity contribution in [1.29, 1.82) is 0 Å². The first-order valence-electron chi connectivity index (χ1n) is 9.11. The van der Waals surface area contributed by atoms with E-state index in [0.29, 0.717) is 6.42 Å². The number of hydrogen-bond acceptors (Lipinski definition) is 4. The van der Waals surface area contributed by atoms with Gasteiger partial charge in [0.15, 0.2) is 0 Å². The number of carboxylic acids is 1. The van der Waals surface area contributed by atoms with E-state index in [-0.39, 0.29) is 12.3 Å². The van der Waals surface area contributed by atoms with Crippen molar-refractivity contribution in [2.24, 2.45) is 5.41 Å². The van der Waals surface area contributed by atoms with E-state index >= 15 is 0 Å². The van der Waals surface area contributed by atoms with Crippen LogP contribution in [0.5, 0.6) is 0 Å². The lowest BCUT2D eigenvalue weighted by atomic mass is 9.85. The molecule has 0 saturated heterocycles. The molecule has 0 aromatic heterocycles. The molecule has 1 aromatic rings. The van der Waals surface area contributed by atoms with Crippen LogP contribution in [0.15, 0.2) is 30.3 Å². The molecule has 27 heavy (non-hydrogen) atoms. The second kappa shape index (κ2) is 10.3. The molecule has 1 aromatic carbocycles. The molecule has 7 heteroatoms. The van der Waals surface area contributed by atoms with E-state index in [1.165, 1.54) is 0 Å². The number of amides is 2. The lowest BCUT2D eigenvalue weighted by Crippen LogP contribution is -2.58. The highest BCUT2D eigenvalue weighted by atomic mass is 32.1. The van der Waals surface area contributed by atoms with E-state index in [9.17, 15) is 19.5 Å². The van der Waals surface area contributed by atoms with Crippen molar-refractivity contribution in [2.75, 3.05) is 0 Å². The van der Waals surface area contributed by atoms with Crippen molar-refractivity contribution in [3.8, 4) is 0 Å². The molecule has 1 unspecified atom stereocenters. The van der Waals surface area contributed by atoms with Crippen LogP contribution in [0.25, 0.3) is 0 Å². The van der Waals surface area contributed by atoms with Crippen LogP contribution in [0.3, 0.4) is 0 Å². The summed E-state index contributed by atoms with van der Waals surface area (Å²) in [5.74, 6) is -1.97. The third-order valence-corrected chi connectivity index (χ3v) is 4.67. The van der Waals surface area contributed by atoms with Gasteiger partial charge in [-0.15, -0.1) is 0 Å². The van der Waals surface area contributed by atoms with Gasteiger partial charge >= 0.3 is 5.97 Å². The molecule has 0 radical (unpaired) electrons. The number of nitrogens with one attached hydrogen (secondary N) is 2. The molecule has 0 spiro atoms. The molecule has 3 N–H and O–H groups in total. The minimum Gasteiger partial charge on any atom is -0.480 e. The fraction of sp³-hybridized carbons (Fsp3) is 0.550. The molecule has 0 aliphatic heterocycles. The maximum Gasteiger partial charge on any atom is 0.326 e. The summed E-state index contributed by atoms with van der Waals surface area (Å²) in [7, 11) is 0. The normalized spacial score (nSPS) is 14.7. The monoisotopic (exact) mass is 394 g/mol. The quantitative estimate of drug-likeness (QED) is 0.484. The van der Waals surface area contributed by atoms with Crippen LogP contribution in [-0.2, 0) is 20.8 Å². The number of benzene rings is 1. The molecule has 0 heterocycles. The predicted molar refractivity (Wildman–Crippen MR) is 109 cm³/mol. The molecule has 0 aliphatic carbocycles. The molecule has 3 atom stereocenters. The maximum absolute atomic E-state index is 12.8. The highest BCUT2D eigenvalue weighted by Crippen LogP contribution is 2.21. The molecule has 0 aliphatic rings. The Kier molecular flexibility index (Phi) is 8.82. The topological polar surface area (TPSA) is 95.5 Å². The van der Waals surface area contributed by atoms with Crippen molar-refractivity contribution in [3.63, 3.8) is 0 Å². The number of carbonyl (C=O) groups is 3. The number of rotatable bonds is 9. The van der Waals surface area contributed by atoms with Gasteiger partial charge in [0, 0.05) is 6.42 Å². The summed E-state index contributed by atoms with van der Waals surface area (Å²) in [6, 6.07) is 7.14. The van der Waals surface area contributed by atoms with Crippen molar-refractivity contribution in [3.05, 3.63) is 35.9 Å². The summed E-state index contributed by atoms with van der Waals surface area (Å²) in [4.78, 5) is 36.7. The average Bonchev–Trinajstić information content (AvgIpc) is 2.58. The first-order chi connectivity index (χ1) is 12.6. The van der Waals surface area contributed by atoms with Crippen LogP contribution < -0.4 is 10.6 Å². The molecular formula is C20H30N2O4S. The summed E-state index contributed by atoms with van der Waals surface area (Å²) >= 11 is 4.27. The molecular weight excluding hydrogens is 364 g/mol. The van der Waals surface area contributed by atoms with E-state index in [1.807, 2.05) is 45.9 Å². The van der Waals surface area contributed by atoms with Crippen LogP contribution in [0, 0.1) is 5.41 Å². The first kappa shape index (κ1) is 23.0. The van der Waals surface area contributed by atoms with Crippen LogP contribution in [0.1, 0.15) is 46.1 Å². The molecule has 2 amide bonds. The summed E-state index contributed by atoms with van der Waals surface area (Å²) in [6.07, 6.45) is 1.56. The Balaban J connectivity index is 2.90. The number of thiol groups is 1. The fourth-order valence-electron chi connectivity index (χ4n) is 2.62. The largest absolute Gasteiger partial charge is 0.480 e. The van der Waals surface area contributed by atoms with Crippen molar-refractivity contribution >= 4 is 30.4 Å². The maximum atomic E-state index is 12.8. The Labute approximate surface area is 166 Å². The zero-order valence-corrected chi connectivity index (χ0v) is 17.3. The van der Waals surface area contributed by atoms with Crippen molar-refractivity contribution < 1.29 is 19.5 Å². The van der Waals surface area contributed by atoms with Crippen molar-refractivity contribution in [1.82, 2.24) is 10.6 Å². The summed E-state index contributed by atoms with van der Waals surface area (Å²) in [5.41, 5.74) is 0.217. The molecule has 0 bridgehead atoms. The third-order valence-electron chi connectivity index (χ3n) is 4.18. The van der Waals surface area contributed by atoms with E-state index in [1.54, 1.807) is 12.1 Å². The lowest BCUT2D eigenvalue weighted by molar-refractivity contribution is -0.142. The van der Waals surface area contributed by atoms with Gasteiger partial charge < -0.3 is 15.7 Å². The van der Waals surface area contributed by atoms with Crippen LogP contribution in [-0.4, -0.2) is 40.2 Å². The predicted octanol–water partition coefficient (Wildman–Crippen LogP) is 2.43. The second-order valence-corrected chi connectivity index (χ2v) is 8.32. The highest BCUT2D eigenvalue weighted by Gasteiger charge is 2.35. The Morgan fingerprint density at radius 2 is 1.67 bits per heavy atom. The van der Waals surface area contributed by atoms with Gasteiger partial charge in [-0.3, -0.25) is 9.59 Å². The summed E-state index contributed by atoms with van der Waals surface area (Å²) in [6.45, 7) is 7.40. The van der Waals surface area contributed by atoms with Gasteiger partial charge in [0.2, 0.25) is 11.8 Å². The molecule has 0 fully saturated rings. The van der Waals surface area contributed by atoms with Gasteiger partial charge in [-0.1, -0.05) is 64.4 Å². The minimum atomic E-state index is -1.12. The average molecular weight is 395 g/mol. The molecule has 0 saturated carbocycles. The van der Waals surface area contributed by atoms with Crippen LogP contribution in [0.2, 0.25) is 0 Å². The van der Waals surface area contributed by atoms with Gasteiger partial charge in [-0.2, -0.15) is 12.6 Å². The van der Waals surface area contributed by atoms with E-state index < -0.39 is 34.6 Å². The van der Waals surface area contributed by atoms with Crippen LogP contribution in [0.4, 0.5) is 0 Å². The molecule has 6 nitrogen and oxygen atoms in total. The number of aliphatic carboxylic acids is 1. The Morgan fingerprint density at radius 3 is 2.15 bits per heavy atom. The highest BCUT2D eigenvalue weighted by molar-refractivity contribution is 7.81. The summed E-state index contributed by atoms with van der Waals surface area (Å²) in [5, 5.41) is 14.3. The fourth-order valence-corrected chi connectivity index (χ4v) is 2.96. The Hall–Kier alpha value is -2.02. The summed E-state index contributed by atoms with van der Waals surface area (Å²) < 4.78 is 0. The van der Waals surface area contributed by atoms with Crippen LogP contribution >= 0.6 is 12.6 Å². The Bertz CT molecular complexity index is 643. The Morgan fingerprint density at radius 1 is 1.07 bits per heavy atom. The van der Waals surface area contributed by atoms with Gasteiger partial charge in [0.1, 0.15) is 12.1 Å². The third kappa shape index (κ3) is 7.62. The smallest absolute Gasteiger partial charge is 0.326 e. The van der Waals surface area contributed by atoms with Crippen molar-refractivity contribution in [2.45, 2.75) is 64.3 Å². The number of carbonyl (C=O) groups excluding carboxylic acids is 2. The number of hydrogen-bond donors (Lipinski definition) is 4. The molecule has 1 rings (SSSR count). The second-order valence-electron chi connectivity index (χ2n) is 7.70. The van der Waals surface area contributed by atoms with E-state index in [0.717, 1.165) is 12.0 Å². The zero-order valence-electron chi connectivity index (χ0n) is 16.4. The van der Waals surface area contributed by atoms with E-state index in [4.69, 9.17) is 0 Å². The standard InChI is InChI=1S/C20H30N2O4S/c1-5-9-15(27)17(23)22-16(20(2,3)4)18(24)21-14(19(25)26)12-13-10-7-6-8-11-13/h6-8,10-11,14-16,27H,5,9,12H2,1-4H3,(H,21,24)(H,22,23)(H,25,26)/t14-,15?,16+/m0/s1. The SMILES string of the molecule is CCCC(S)C(=O)N[C@H](C(=O)N[C@@H](Cc1ccccc1)C(=O)O)C(C)(C)C. The minimum absolute atomic E-state index is 0.164.